The second-order valence-electron chi connectivity index (χ2n) is 6.46. The maximum absolute atomic E-state index is 6.13. The third-order valence-corrected chi connectivity index (χ3v) is 5.00. The number of H-pyrrole nitrogens is 1. The van der Waals surface area contributed by atoms with Gasteiger partial charge in [0, 0.05) is 11.9 Å². The van der Waals surface area contributed by atoms with Crippen molar-refractivity contribution in [2.45, 2.75) is 44.9 Å². The second-order valence-corrected chi connectivity index (χ2v) is 7.52. The van der Waals surface area contributed by atoms with Crippen molar-refractivity contribution in [3.05, 3.63) is 53.1 Å². The van der Waals surface area contributed by atoms with E-state index >= 15 is 0 Å². The van der Waals surface area contributed by atoms with Gasteiger partial charge in [-0.3, -0.25) is 5.10 Å². The molecule has 8 heteroatoms. The van der Waals surface area contributed by atoms with Gasteiger partial charge in [0.2, 0.25) is 5.16 Å². The molecule has 3 N–H and O–H groups in total. The molecule has 0 radical (unpaired) electrons. The fourth-order valence-corrected chi connectivity index (χ4v) is 3.43. The van der Waals surface area contributed by atoms with Crippen molar-refractivity contribution in [3.63, 3.8) is 0 Å². The molecule has 3 rings (SSSR count). The molecule has 0 aliphatic rings. The van der Waals surface area contributed by atoms with Crippen molar-refractivity contribution >= 4 is 11.8 Å². The molecule has 0 aliphatic carbocycles. The molecule has 0 aliphatic heterocycles. The quantitative estimate of drug-likeness (QED) is 0.466. The lowest BCUT2D eigenvalue weighted by atomic mass is 10.0. The number of nitrogen functional groups attached to an aromatic ring is 1. The fourth-order valence-electron chi connectivity index (χ4n) is 2.56. The summed E-state index contributed by atoms with van der Waals surface area (Å²) in [4.78, 5) is 0. The zero-order valence-corrected chi connectivity index (χ0v) is 16.1. The van der Waals surface area contributed by atoms with Crippen molar-refractivity contribution in [2.75, 3.05) is 11.6 Å². The summed E-state index contributed by atoms with van der Waals surface area (Å²) in [6, 6.07) is 6.26. The van der Waals surface area contributed by atoms with E-state index in [1.807, 2.05) is 18.5 Å². The lowest BCUT2D eigenvalue weighted by Crippen LogP contribution is -2.16. The van der Waals surface area contributed by atoms with E-state index in [2.05, 4.69) is 53.3 Å². The van der Waals surface area contributed by atoms with Crippen LogP contribution in [0.5, 0.6) is 5.75 Å². The van der Waals surface area contributed by atoms with Crippen LogP contribution in [0.3, 0.4) is 0 Å². The maximum atomic E-state index is 6.13. The van der Waals surface area contributed by atoms with Gasteiger partial charge < -0.3 is 10.6 Å². The summed E-state index contributed by atoms with van der Waals surface area (Å²) < 4.78 is 7.50. The molecular formula is C18H24N6OS. The fraction of sp³-hybridized carbons (Fsp3) is 0.389. The van der Waals surface area contributed by atoms with Gasteiger partial charge in [0.25, 0.3) is 0 Å². The SMILES string of the molecule is Cc1ccc(C(C)C)c(OCc2nnc(SCCc3cn[nH]c3)n2N)c1. The summed E-state index contributed by atoms with van der Waals surface area (Å²) in [6.45, 7) is 6.64. The number of nitrogens with zero attached hydrogens (tertiary/aromatic N) is 4. The molecule has 1 aromatic carbocycles. The number of nitrogens with one attached hydrogen (secondary N) is 1. The molecule has 138 valence electrons. The van der Waals surface area contributed by atoms with Gasteiger partial charge in [-0.05, 0) is 42.0 Å². The van der Waals surface area contributed by atoms with Gasteiger partial charge in [-0.2, -0.15) is 5.10 Å². The Hall–Kier alpha value is -2.48. The number of aromatic amines is 1. The number of nitrogens with two attached hydrogens (primary N) is 1. The Morgan fingerprint density at radius 3 is 2.88 bits per heavy atom. The minimum atomic E-state index is 0.287. The van der Waals surface area contributed by atoms with Crippen LogP contribution in [0.25, 0.3) is 0 Å². The van der Waals surface area contributed by atoms with Gasteiger partial charge in [-0.1, -0.05) is 37.7 Å². The van der Waals surface area contributed by atoms with Crippen LogP contribution in [0.4, 0.5) is 0 Å². The normalized spacial score (nSPS) is 11.2. The Bertz CT molecular complexity index is 843. The standard InChI is InChI=1S/C18H24N6OS/c1-12(2)15-5-4-13(3)8-16(15)25-11-17-22-23-18(24(17)19)26-7-6-14-9-20-21-10-14/h4-5,8-10,12H,6-7,11,19H2,1-3H3,(H,20,21). The number of ether oxygens (including phenoxy) is 1. The van der Waals surface area contributed by atoms with Gasteiger partial charge in [0.1, 0.15) is 12.4 Å². The average Bonchev–Trinajstić information content (AvgIpc) is 3.24. The van der Waals surface area contributed by atoms with Crippen molar-refractivity contribution < 1.29 is 4.74 Å². The summed E-state index contributed by atoms with van der Waals surface area (Å²) in [5.41, 5.74) is 3.49. The zero-order chi connectivity index (χ0) is 18.5. The van der Waals surface area contributed by atoms with Crippen LogP contribution < -0.4 is 10.6 Å². The van der Waals surface area contributed by atoms with Gasteiger partial charge in [0.05, 0.1) is 6.20 Å². The van der Waals surface area contributed by atoms with E-state index < -0.39 is 0 Å². The topological polar surface area (TPSA) is 94.6 Å². The predicted molar refractivity (Wildman–Crippen MR) is 103 cm³/mol. The van der Waals surface area contributed by atoms with Crippen LogP contribution in [-0.2, 0) is 13.0 Å². The first kappa shape index (κ1) is 18.3. The molecule has 0 fully saturated rings. The highest BCUT2D eigenvalue weighted by molar-refractivity contribution is 7.99. The number of hydrogen-bond donors (Lipinski definition) is 2. The molecule has 0 bridgehead atoms. The first-order chi connectivity index (χ1) is 12.5. The van der Waals surface area contributed by atoms with Crippen molar-refractivity contribution in [1.82, 2.24) is 25.1 Å². The van der Waals surface area contributed by atoms with Crippen LogP contribution in [0, 0.1) is 6.92 Å². The molecule has 0 saturated heterocycles. The molecule has 2 heterocycles. The lowest BCUT2D eigenvalue weighted by Gasteiger charge is -2.14. The first-order valence-corrected chi connectivity index (χ1v) is 9.56. The summed E-state index contributed by atoms with van der Waals surface area (Å²) in [7, 11) is 0. The smallest absolute Gasteiger partial charge is 0.209 e. The van der Waals surface area contributed by atoms with Gasteiger partial charge >= 0.3 is 0 Å². The molecule has 0 saturated carbocycles. The molecule has 0 atom stereocenters. The van der Waals surface area contributed by atoms with Crippen LogP contribution in [0.2, 0.25) is 0 Å². The molecule has 0 amide bonds. The Morgan fingerprint density at radius 1 is 1.31 bits per heavy atom. The van der Waals surface area contributed by atoms with Crippen molar-refractivity contribution in [1.29, 1.82) is 0 Å². The number of benzene rings is 1. The van der Waals surface area contributed by atoms with Crippen molar-refractivity contribution in [2.24, 2.45) is 0 Å². The molecule has 2 aromatic heterocycles. The van der Waals surface area contributed by atoms with Crippen LogP contribution in [-0.4, -0.2) is 30.8 Å². The number of aryl methyl sites for hydroxylation is 2. The van der Waals surface area contributed by atoms with Crippen LogP contribution in [0.15, 0.2) is 35.7 Å². The van der Waals surface area contributed by atoms with E-state index in [9.17, 15) is 0 Å². The molecule has 0 unspecified atom stereocenters. The monoisotopic (exact) mass is 372 g/mol. The summed E-state index contributed by atoms with van der Waals surface area (Å²) in [6.07, 6.45) is 4.60. The number of rotatable bonds is 8. The van der Waals surface area contributed by atoms with E-state index in [1.54, 1.807) is 11.8 Å². The highest BCUT2D eigenvalue weighted by Gasteiger charge is 2.13. The summed E-state index contributed by atoms with van der Waals surface area (Å²) in [5, 5.41) is 15.8. The van der Waals surface area contributed by atoms with Crippen LogP contribution in [0.1, 0.15) is 42.3 Å². The largest absolute Gasteiger partial charge is 0.485 e. The Balaban J connectivity index is 1.61. The minimum absolute atomic E-state index is 0.287. The summed E-state index contributed by atoms with van der Waals surface area (Å²) >= 11 is 1.57. The third kappa shape index (κ3) is 4.37. The molecule has 7 nitrogen and oxygen atoms in total. The lowest BCUT2D eigenvalue weighted by molar-refractivity contribution is 0.287. The molecule has 3 aromatic rings. The second kappa shape index (κ2) is 8.27. The highest BCUT2D eigenvalue weighted by atomic mass is 32.2. The third-order valence-electron chi connectivity index (χ3n) is 4.06. The Morgan fingerprint density at radius 2 is 2.15 bits per heavy atom. The summed E-state index contributed by atoms with van der Waals surface area (Å²) in [5.74, 6) is 8.84. The van der Waals surface area contributed by atoms with Crippen LogP contribution >= 0.6 is 11.8 Å². The Labute approximate surface area is 157 Å². The predicted octanol–water partition coefficient (Wildman–Crippen LogP) is 3.06. The van der Waals surface area contributed by atoms with E-state index in [1.165, 1.54) is 10.2 Å². The van der Waals surface area contributed by atoms with Gasteiger partial charge in [0.15, 0.2) is 5.82 Å². The average molecular weight is 372 g/mol. The number of hydrogen-bond acceptors (Lipinski definition) is 6. The van der Waals surface area contributed by atoms with E-state index in [-0.39, 0.29) is 6.61 Å². The van der Waals surface area contributed by atoms with E-state index in [0.29, 0.717) is 16.9 Å². The number of aromatic nitrogens is 5. The molecule has 0 spiro atoms. The molecular weight excluding hydrogens is 348 g/mol. The first-order valence-electron chi connectivity index (χ1n) is 8.57. The number of thioether (sulfide) groups is 1. The van der Waals surface area contributed by atoms with E-state index in [4.69, 9.17) is 10.6 Å². The Kier molecular flexibility index (Phi) is 5.82. The zero-order valence-electron chi connectivity index (χ0n) is 15.3. The van der Waals surface area contributed by atoms with Crippen molar-refractivity contribution in [3.8, 4) is 5.75 Å². The van der Waals surface area contributed by atoms with E-state index in [0.717, 1.165) is 29.1 Å². The minimum Gasteiger partial charge on any atom is -0.485 e. The van der Waals surface area contributed by atoms with Gasteiger partial charge in [-0.25, -0.2) is 4.68 Å². The highest BCUT2D eigenvalue weighted by Crippen LogP contribution is 2.28. The molecule has 26 heavy (non-hydrogen) atoms. The maximum Gasteiger partial charge on any atom is 0.209 e. The van der Waals surface area contributed by atoms with Gasteiger partial charge in [-0.15, -0.1) is 10.2 Å².